The van der Waals surface area contributed by atoms with Crippen molar-refractivity contribution in [3.8, 4) is 0 Å². The maximum Gasteiger partial charge on any atom is 0.410 e. The molecule has 102 valence electrons. The van der Waals surface area contributed by atoms with Crippen molar-refractivity contribution in [1.82, 2.24) is 4.90 Å². The van der Waals surface area contributed by atoms with E-state index in [-0.39, 0.29) is 6.09 Å². The van der Waals surface area contributed by atoms with Gasteiger partial charge in [0.1, 0.15) is 0 Å². The average Bonchev–Trinajstić information content (AvgIpc) is 2.41. The molecule has 0 aromatic carbocycles. The molecule has 0 aromatic rings. The van der Waals surface area contributed by atoms with Crippen LogP contribution in [0.2, 0.25) is 0 Å². The number of hydrogen-bond donors (Lipinski definition) is 1. The third kappa shape index (κ3) is 3.73. The maximum atomic E-state index is 11.6. The molecule has 1 amide bonds. The molecule has 4 heteroatoms. The first-order chi connectivity index (χ1) is 8.79. The summed E-state index contributed by atoms with van der Waals surface area (Å²) < 4.78 is 5.04. The molecule has 1 aliphatic carbocycles. The molecule has 2 aliphatic rings. The molecular formula is C14H25N2O2+. The molecule has 0 bridgehead atoms. The monoisotopic (exact) mass is 253 g/mol. The van der Waals surface area contributed by atoms with Crippen LogP contribution in [-0.2, 0) is 4.74 Å². The van der Waals surface area contributed by atoms with Crippen LogP contribution >= 0.6 is 0 Å². The molecular weight excluding hydrogens is 228 g/mol. The first kappa shape index (κ1) is 13.4. The summed E-state index contributed by atoms with van der Waals surface area (Å²) in [6.45, 7) is 7.42. The van der Waals surface area contributed by atoms with Crippen molar-refractivity contribution in [2.45, 2.75) is 26.2 Å². The zero-order chi connectivity index (χ0) is 12.8. The average molecular weight is 253 g/mol. The molecule has 0 spiro atoms. The van der Waals surface area contributed by atoms with Gasteiger partial charge in [-0.2, -0.15) is 0 Å². The third-order valence-corrected chi connectivity index (χ3v) is 3.95. The van der Waals surface area contributed by atoms with E-state index in [1.54, 1.807) is 4.90 Å². The highest BCUT2D eigenvalue weighted by Gasteiger charge is 2.26. The molecule has 0 unspecified atom stereocenters. The van der Waals surface area contributed by atoms with Crippen molar-refractivity contribution in [2.24, 2.45) is 5.92 Å². The summed E-state index contributed by atoms with van der Waals surface area (Å²) in [5.74, 6) is 0.846. The zero-order valence-electron chi connectivity index (χ0n) is 11.4. The second-order valence-electron chi connectivity index (χ2n) is 5.29. The van der Waals surface area contributed by atoms with Crippen molar-refractivity contribution in [3.63, 3.8) is 0 Å². The minimum Gasteiger partial charge on any atom is -0.450 e. The zero-order valence-corrected chi connectivity index (χ0v) is 11.4. The number of nitrogens with zero attached hydrogens (tertiary/aromatic N) is 1. The van der Waals surface area contributed by atoms with Crippen LogP contribution in [0.4, 0.5) is 4.79 Å². The lowest BCUT2D eigenvalue weighted by Gasteiger charge is -2.33. The summed E-state index contributed by atoms with van der Waals surface area (Å²) in [5.41, 5.74) is 0. The Labute approximate surface area is 110 Å². The molecule has 0 aromatic heterocycles. The number of piperazine rings is 1. The molecule has 1 N–H and O–H groups in total. The Morgan fingerprint density at radius 1 is 1.39 bits per heavy atom. The van der Waals surface area contributed by atoms with Crippen LogP contribution < -0.4 is 4.90 Å². The highest BCUT2D eigenvalue weighted by molar-refractivity contribution is 5.67. The van der Waals surface area contributed by atoms with Crippen molar-refractivity contribution < 1.29 is 14.4 Å². The van der Waals surface area contributed by atoms with Gasteiger partial charge in [0.15, 0.2) is 0 Å². The molecule has 2 rings (SSSR count). The lowest BCUT2D eigenvalue weighted by Crippen LogP contribution is -3.15. The fourth-order valence-electron chi connectivity index (χ4n) is 2.87. The lowest BCUT2D eigenvalue weighted by molar-refractivity contribution is -0.907. The Morgan fingerprint density at radius 2 is 2.17 bits per heavy atom. The van der Waals surface area contributed by atoms with Gasteiger partial charge in [0.25, 0.3) is 0 Å². The largest absolute Gasteiger partial charge is 0.450 e. The number of carbonyl (C=O) groups is 1. The van der Waals surface area contributed by atoms with E-state index in [0.29, 0.717) is 6.61 Å². The van der Waals surface area contributed by atoms with E-state index < -0.39 is 0 Å². The Morgan fingerprint density at radius 3 is 2.78 bits per heavy atom. The van der Waals surface area contributed by atoms with Gasteiger partial charge in [0, 0.05) is 5.92 Å². The summed E-state index contributed by atoms with van der Waals surface area (Å²) in [4.78, 5) is 15.1. The minimum absolute atomic E-state index is 0.142. The molecule has 0 saturated carbocycles. The quantitative estimate of drug-likeness (QED) is 0.751. The number of rotatable bonds is 3. The molecule has 4 nitrogen and oxygen atoms in total. The first-order valence-corrected chi connectivity index (χ1v) is 7.20. The number of nitrogens with one attached hydrogen (secondary N) is 1. The Hall–Kier alpha value is -1.03. The number of ether oxygens (including phenoxy) is 1. The maximum absolute atomic E-state index is 11.6. The number of amides is 1. The minimum atomic E-state index is -0.142. The van der Waals surface area contributed by atoms with Crippen LogP contribution in [0.3, 0.4) is 0 Å². The fraction of sp³-hybridized carbons (Fsp3) is 0.786. The standard InChI is InChI=1S/C14H24N2O2/c1-2-18-14(17)16-10-8-15(9-11-16)12-13-6-4-3-5-7-13/h3-4,13H,2,5-12H2,1H3/p+1/t13-/m1/s1. The van der Waals surface area contributed by atoms with E-state index in [4.69, 9.17) is 4.74 Å². The summed E-state index contributed by atoms with van der Waals surface area (Å²) in [6.07, 6.45) is 8.30. The molecule has 18 heavy (non-hydrogen) atoms. The number of quaternary nitrogens is 1. The highest BCUT2D eigenvalue weighted by atomic mass is 16.6. The number of hydrogen-bond acceptors (Lipinski definition) is 2. The predicted octanol–water partition coefficient (Wildman–Crippen LogP) is 0.700. The van der Waals surface area contributed by atoms with Crippen LogP contribution in [0.1, 0.15) is 26.2 Å². The third-order valence-electron chi connectivity index (χ3n) is 3.95. The molecule has 0 radical (unpaired) electrons. The predicted molar refractivity (Wildman–Crippen MR) is 70.6 cm³/mol. The molecule has 1 aliphatic heterocycles. The second kappa shape index (κ2) is 6.78. The van der Waals surface area contributed by atoms with Gasteiger partial charge in [-0.1, -0.05) is 12.2 Å². The van der Waals surface area contributed by atoms with Crippen LogP contribution in [0, 0.1) is 5.92 Å². The molecule has 1 heterocycles. The SMILES string of the molecule is CCOC(=O)N1CC[NH+](C[C@@H]2CC=CCC2)CC1. The summed E-state index contributed by atoms with van der Waals surface area (Å²) in [6, 6.07) is 0. The molecule has 1 saturated heterocycles. The summed E-state index contributed by atoms with van der Waals surface area (Å²) in [5, 5.41) is 0. The second-order valence-corrected chi connectivity index (χ2v) is 5.29. The number of carbonyl (C=O) groups excluding carboxylic acids is 1. The van der Waals surface area contributed by atoms with Crippen LogP contribution in [0.15, 0.2) is 12.2 Å². The van der Waals surface area contributed by atoms with Gasteiger partial charge in [-0.3, -0.25) is 4.90 Å². The molecule has 1 fully saturated rings. The number of allylic oxidation sites excluding steroid dienone is 2. The van der Waals surface area contributed by atoms with Gasteiger partial charge in [-0.05, 0) is 26.2 Å². The lowest BCUT2D eigenvalue weighted by atomic mass is 9.94. The van der Waals surface area contributed by atoms with E-state index in [1.807, 2.05) is 11.8 Å². The van der Waals surface area contributed by atoms with Crippen molar-refractivity contribution in [3.05, 3.63) is 12.2 Å². The summed E-state index contributed by atoms with van der Waals surface area (Å²) >= 11 is 0. The van der Waals surface area contributed by atoms with E-state index in [0.717, 1.165) is 32.1 Å². The van der Waals surface area contributed by atoms with Gasteiger partial charge >= 0.3 is 6.09 Å². The fourth-order valence-corrected chi connectivity index (χ4v) is 2.87. The van der Waals surface area contributed by atoms with Crippen molar-refractivity contribution >= 4 is 6.09 Å². The first-order valence-electron chi connectivity index (χ1n) is 7.20. The van der Waals surface area contributed by atoms with E-state index in [9.17, 15) is 4.79 Å². The molecule has 1 atom stereocenters. The van der Waals surface area contributed by atoms with Crippen LogP contribution in [0.5, 0.6) is 0 Å². The van der Waals surface area contributed by atoms with Gasteiger partial charge in [0.05, 0.1) is 39.3 Å². The Balaban J connectivity index is 1.69. The van der Waals surface area contributed by atoms with Crippen LogP contribution in [0.25, 0.3) is 0 Å². The Kier molecular flexibility index (Phi) is 5.05. The summed E-state index contributed by atoms with van der Waals surface area (Å²) in [7, 11) is 0. The smallest absolute Gasteiger partial charge is 0.410 e. The van der Waals surface area contributed by atoms with Gasteiger partial charge in [0.2, 0.25) is 0 Å². The van der Waals surface area contributed by atoms with Gasteiger partial charge in [-0.15, -0.1) is 0 Å². The Bertz CT molecular complexity index is 296. The normalized spacial score (nSPS) is 25.2. The van der Waals surface area contributed by atoms with Crippen LogP contribution in [-0.4, -0.2) is 50.3 Å². The topological polar surface area (TPSA) is 34.0 Å². The van der Waals surface area contributed by atoms with Gasteiger partial charge < -0.3 is 9.64 Å². The van der Waals surface area contributed by atoms with E-state index in [1.165, 1.54) is 25.8 Å². The van der Waals surface area contributed by atoms with E-state index in [2.05, 4.69) is 12.2 Å². The van der Waals surface area contributed by atoms with E-state index >= 15 is 0 Å². The van der Waals surface area contributed by atoms with Gasteiger partial charge in [-0.25, -0.2) is 4.79 Å². The highest BCUT2D eigenvalue weighted by Crippen LogP contribution is 2.16. The van der Waals surface area contributed by atoms with Crippen molar-refractivity contribution in [2.75, 3.05) is 39.3 Å². The van der Waals surface area contributed by atoms with Crippen molar-refractivity contribution in [1.29, 1.82) is 0 Å².